The average Bonchev–Trinajstić information content (AvgIpc) is 2.62. The van der Waals surface area contributed by atoms with Crippen LogP contribution < -0.4 is 15.7 Å². The van der Waals surface area contributed by atoms with Crippen LogP contribution in [0, 0.1) is 0 Å². The van der Waals surface area contributed by atoms with Crippen LogP contribution in [-0.2, 0) is 11.2 Å². The van der Waals surface area contributed by atoms with E-state index in [4.69, 9.17) is 0 Å². The molecule has 126 valence electrons. The number of carboxylic acid groups (broad SMARTS) is 1. The maximum absolute atomic E-state index is 12.2. The average molecular weight is 333 g/mol. The number of carbonyl (C=O) groups excluding carboxylic acids is 2. The zero-order valence-corrected chi connectivity index (χ0v) is 13.4. The third kappa shape index (κ3) is 4.14. The van der Waals surface area contributed by atoms with Gasteiger partial charge < -0.3 is 20.5 Å². The topological polar surface area (TPSA) is 81.3 Å². The van der Waals surface area contributed by atoms with Crippen molar-refractivity contribution < 1.29 is 14.7 Å². The predicted molar refractivity (Wildman–Crippen MR) is 95.0 cm³/mol. The van der Waals surface area contributed by atoms with Crippen molar-refractivity contribution >= 4 is 28.5 Å². The number of carbonyl (C=O) groups is 2. The summed E-state index contributed by atoms with van der Waals surface area (Å²) in [6, 6.07) is 20.6. The van der Waals surface area contributed by atoms with Gasteiger partial charge in [-0.15, -0.1) is 0 Å². The fourth-order valence-corrected chi connectivity index (χ4v) is 2.69. The number of hydrogen-bond donors (Lipinski definition) is 2. The maximum Gasteiger partial charge on any atom is 0.319 e. The number of anilines is 1. The SMILES string of the molecule is O=C(Nc1cccc2ccccc12)N[C@@H](Cc1ccccc1)C(=O)[O-]. The lowest BCUT2D eigenvalue weighted by molar-refractivity contribution is -0.308. The number of fused-ring (bicyclic) bond motifs is 1. The quantitative estimate of drug-likeness (QED) is 0.752. The van der Waals surface area contributed by atoms with Gasteiger partial charge in [-0.3, -0.25) is 0 Å². The molecule has 0 radical (unpaired) electrons. The first-order valence-corrected chi connectivity index (χ1v) is 7.93. The summed E-state index contributed by atoms with van der Waals surface area (Å²) in [6.07, 6.45) is 0.159. The Bertz CT molecular complexity index is 888. The molecule has 0 saturated carbocycles. The summed E-state index contributed by atoms with van der Waals surface area (Å²) in [5.41, 5.74) is 1.43. The summed E-state index contributed by atoms with van der Waals surface area (Å²) >= 11 is 0. The molecule has 0 unspecified atom stereocenters. The number of nitrogens with one attached hydrogen (secondary N) is 2. The van der Waals surface area contributed by atoms with Crippen molar-refractivity contribution in [3.63, 3.8) is 0 Å². The van der Waals surface area contributed by atoms with Crippen molar-refractivity contribution in [3.05, 3.63) is 78.4 Å². The summed E-state index contributed by atoms with van der Waals surface area (Å²) < 4.78 is 0. The number of rotatable bonds is 5. The number of aliphatic carboxylic acids is 1. The highest BCUT2D eigenvalue weighted by atomic mass is 16.4. The van der Waals surface area contributed by atoms with Gasteiger partial charge in [0.2, 0.25) is 0 Å². The van der Waals surface area contributed by atoms with Crippen LogP contribution in [0.5, 0.6) is 0 Å². The van der Waals surface area contributed by atoms with Crippen LogP contribution in [-0.4, -0.2) is 18.0 Å². The standard InChI is InChI=1S/C20H18N2O3/c23-19(24)18(13-14-7-2-1-3-8-14)22-20(25)21-17-12-6-10-15-9-4-5-11-16(15)17/h1-12,18H,13H2,(H,23,24)(H2,21,22,25)/p-1/t18-/m0/s1. The van der Waals surface area contributed by atoms with Crippen molar-refractivity contribution in [1.82, 2.24) is 5.32 Å². The molecule has 3 rings (SSSR count). The zero-order chi connectivity index (χ0) is 17.6. The van der Waals surface area contributed by atoms with Crippen molar-refractivity contribution in [1.29, 1.82) is 0 Å². The van der Waals surface area contributed by atoms with Gasteiger partial charge in [-0.05, 0) is 23.4 Å². The summed E-state index contributed by atoms with van der Waals surface area (Å²) in [5, 5.41) is 18.4. The first kappa shape index (κ1) is 16.5. The minimum absolute atomic E-state index is 0.159. The Balaban J connectivity index is 1.72. The molecule has 2 amide bonds. The van der Waals surface area contributed by atoms with Gasteiger partial charge in [0.25, 0.3) is 0 Å². The second-order valence-corrected chi connectivity index (χ2v) is 5.69. The molecule has 2 N–H and O–H groups in total. The molecule has 0 aromatic heterocycles. The molecule has 3 aromatic carbocycles. The molecular weight excluding hydrogens is 316 g/mol. The van der Waals surface area contributed by atoms with E-state index in [0.29, 0.717) is 5.69 Å². The largest absolute Gasteiger partial charge is 0.548 e. The second-order valence-electron chi connectivity index (χ2n) is 5.69. The van der Waals surface area contributed by atoms with Crippen LogP contribution in [0.2, 0.25) is 0 Å². The van der Waals surface area contributed by atoms with Gasteiger partial charge in [0.15, 0.2) is 0 Å². The number of benzene rings is 3. The van der Waals surface area contributed by atoms with Gasteiger partial charge in [0, 0.05) is 5.39 Å². The molecule has 5 nitrogen and oxygen atoms in total. The van der Waals surface area contributed by atoms with Gasteiger partial charge in [-0.25, -0.2) is 4.79 Å². The summed E-state index contributed by atoms with van der Waals surface area (Å²) in [5.74, 6) is -1.32. The van der Waals surface area contributed by atoms with Crippen molar-refractivity contribution in [2.24, 2.45) is 0 Å². The maximum atomic E-state index is 12.2. The molecule has 0 fully saturated rings. The van der Waals surface area contributed by atoms with E-state index < -0.39 is 18.0 Å². The summed E-state index contributed by atoms with van der Waals surface area (Å²) in [4.78, 5) is 23.6. The van der Waals surface area contributed by atoms with Gasteiger partial charge in [-0.2, -0.15) is 0 Å². The van der Waals surface area contributed by atoms with E-state index in [-0.39, 0.29) is 6.42 Å². The molecule has 1 atom stereocenters. The summed E-state index contributed by atoms with van der Waals surface area (Å²) in [6.45, 7) is 0. The Hall–Kier alpha value is -3.34. The predicted octanol–water partition coefficient (Wildman–Crippen LogP) is 2.32. The monoisotopic (exact) mass is 333 g/mol. The fraction of sp³-hybridized carbons (Fsp3) is 0.100. The lowest BCUT2D eigenvalue weighted by Crippen LogP contribution is -2.50. The van der Waals surface area contributed by atoms with Crippen LogP contribution in [0.15, 0.2) is 72.8 Å². The lowest BCUT2D eigenvalue weighted by Gasteiger charge is -2.20. The van der Waals surface area contributed by atoms with E-state index in [1.54, 1.807) is 18.2 Å². The molecule has 25 heavy (non-hydrogen) atoms. The highest BCUT2D eigenvalue weighted by Crippen LogP contribution is 2.22. The van der Waals surface area contributed by atoms with E-state index in [9.17, 15) is 14.7 Å². The Morgan fingerprint density at radius 3 is 2.32 bits per heavy atom. The highest BCUT2D eigenvalue weighted by molar-refractivity contribution is 6.02. The smallest absolute Gasteiger partial charge is 0.319 e. The molecular formula is C20H17N2O3-. The van der Waals surface area contributed by atoms with E-state index >= 15 is 0 Å². The first-order valence-electron chi connectivity index (χ1n) is 7.93. The minimum atomic E-state index is -1.32. The van der Waals surface area contributed by atoms with Crippen LogP contribution in [0.25, 0.3) is 10.8 Å². The highest BCUT2D eigenvalue weighted by Gasteiger charge is 2.15. The third-order valence-corrected chi connectivity index (χ3v) is 3.91. The molecule has 0 aliphatic carbocycles. The Kier molecular flexibility index (Phi) is 4.95. The second kappa shape index (κ2) is 7.49. The molecule has 0 spiro atoms. The first-order chi connectivity index (χ1) is 12.1. The number of urea groups is 1. The van der Waals surface area contributed by atoms with E-state index in [0.717, 1.165) is 16.3 Å². The van der Waals surface area contributed by atoms with Gasteiger partial charge >= 0.3 is 6.03 Å². The van der Waals surface area contributed by atoms with Crippen LogP contribution >= 0.6 is 0 Å². The third-order valence-electron chi connectivity index (χ3n) is 3.91. The fourth-order valence-electron chi connectivity index (χ4n) is 2.69. The van der Waals surface area contributed by atoms with Crippen LogP contribution in [0.3, 0.4) is 0 Å². The summed E-state index contributed by atoms with van der Waals surface area (Å²) in [7, 11) is 0. The van der Waals surface area contributed by atoms with Crippen molar-refractivity contribution in [2.45, 2.75) is 12.5 Å². The van der Waals surface area contributed by atoms with Crippen LogP contribution in [0.4, 0.5) is 10.5 Å². The Morgan fingerprint density at radius 1 is 0.880 bits per heavy atom. The van der Waals surface area contributed by atoms with Crippen molar-refractivity contribution in [2.75, 3.05) is 5.32 Å². The van der Waals surface area contributed by atoms with Gasteiger partial charge in [0.05, 0.1) is 17.7 Å². The van der Waals surface area contributed by atoms with Gasteiger partial charge in [-0.1, -0.05) is 66.7 Å². The number of amides is 2. The van der Waals surface area contributed by atoms with E-state index in [2.05, 4.69) is 10.6 Å². The Labute approximate surface area is 145 Å². The van der Waals surface area contributed by atoms with E-state index in [1.165, 1.54) is 0 Å². The van der Waals surface area contributed by atoms with Gasteiger partial charge in [0.1, 0.15) is 0 Å². The molecule has 0 saturated heterocycles. The normalized spacial score (nSPS) is 11.7. The lowest BCUT2D eigenvalue weighted by atomic mass is 10.1. The number of carboxylic acids is 1. The van der Waals surface area contributed by atoms with Crippen LogP contribution in [0.1, 0.15) is 5.56 Å². The minimum Gasteiger partial charge on any atom is -0.548 e. The molecule has 0 aliphatic rings. The molecule has 5 heteroatoms. The zero-order valence-electron chi connectivity index (χ0n) is 13.4. The molecule has 0 bridgehead atoms. The number of hydrogen-bond acceptors (Lipinski definition) is 3. The molecule has 3 aromatic rings. The molecule has 0 heterocycles. The Morgan fingerprint density at radius 2 is 1.56 bits per heavy atom. The van der Waals surface area contributed by atoms with Crippen molar-refractivity contribution in [3.8, 4) is 0 Å². The molecule has 0 aliphatic heterocycles. The van der Waals surface area contributed by atoms with E-state index in [1.807, 2.05) is 54.6 Å².